The number of benzene rings is 2. The predicted molar refractivity (Wildman–Crippen MR) is 93.9 cm³/mol. The first kappa shape index (κ1) is 16.2. The molecule has 2 aromatic carbocycles. The zero-order chi connectivity index (χ0) is 16.2. The summed E-state index contributed by atoms with van der Waals surface area (Å²) in [6.45, 7) is 2.63. The van der Waals surface area contributed by atoms with Gasteiger partial charge in [-0.1, -0.05) is 22.0 Å². The number of halogens is 1. The highest BCUT2D eigenvalue weighted by molar-refractivity contribution is 9.10. The Balaban J connectivity index is 1.53. The number of carbonyl (C=O) groups excluding carboxylic acids is 1. The minimum Gasteiger partial charge on any atom is -0.454 e. The number of thioether (sulfide) groups is 1. The van der Waals surface area contributed by atoms with E-state index in [4.69, 9.17) is 9.47 Å². The highest BCUT2D eigenvalue weighted by Crippen LogP contribution is 2.32. The molecule has 1 aliphatic rings. The Hall–Kier alpha value is -1.66. The molecule has 4 nitrogen and oxygen atoms in total. The van der Waals surface area contributed by atoms with Crippen LogP contribution in [-0.2, 0) is 11.3 Å². The van der Waals surface area contributed by atoms with E-state index < -0.39 is 0 Å². The van der Waals surface area contributed by atoms with E-state index in [2.05, 4.69) is 21.2 Å². The van der Waals surface area contributed by atoms with Gasteiger partial charge < -0.3 is 14.8 Å². The van der Waals surface area contributed by atoms with E-state index in [9.17, 15) is 4.79 Å². The molecule has 1 N–H and O–H groups in total. The summed E-state index contributed by atoms with van der Waals surface area (Å²) < 4.78 is 11.6. The van der Waals surface area contributed by atoms with E-state index in [1.807, 2.05) is 49.4 Å². The molecule has 0 unspecified atom stereocenters. The van der Waals surface area contributed by atoms with Gasteiger partial charge in [0.2, 0.25) is 12.7 Å². The van der Waals surface area contributed by atoms with Crippen LogP contribution in [0.1, 0.15) is 12.5 Å². The second-order valence-electron chi connectivity index (χ2n) is 5.12. The number of carbonyl (C=O) groups is 1. The van der Waals surface area contributed by atoms with Gasteiger partial charge in [-0.25, -0.2) is 0 Å². The van der Waals surface area contributed by atoms with Crippen molar-refractivity contribution in [1.29, 1.82) is 0 Å². The Kier molecular flexibility index (Phi) is 5.13. The van der Waals surface area contributed by atoms with Crippen molar-refractivity contribution in [2.75, 3.05) is 6.79 Å². The number of nitrogens with one attached hydrogen (secondary N) is 1. The van der Waals surface area contributed by atoms with Gasteiger partial charge in [-0.05, 0) is 48.9 Å². The Labute approximate surface area is 147 Å². The molecular formula is C17H16BrNO3S. The first-order valence-electron chi connectivity index (χ1n) is 7.20. The Morgan fingerprint density at radius 1 is 1.22 bits per heavy atom. The van der Waals surface area contributed by atoms with Crippen LogP contribution >= 0.6 is 27.7 Å². The smallest absolute Gasteiger partial charge is 0.233 e. The fraction of sp³-hybridized carbons (Fsp3) is 0.235. The molecule has 0 bridgehead atoms. The summed E-state index contributed by atoms with van der Waals surface area (Å²) in [5.74, 6) is 1.49. The van der Waals surface area contributed by atoms with Crippen molar-refractivity contribution >= 4 is 33.6 Å². The lowest BCUT2D eigenvalue weighted by Gasteiger charge is -2.12. The largest absolute Gasteiger partial charge is 0.454 e. The van der Waals surface area contributed by atoms with E-state index in [-0.39, 0.29) is 18.0 Å². The van der Waals surface area contributed by atoms with Crippen LogP contribution in [0.25, 0.3) is 0 Å². The third kappa shape index (κ3) is 4.20. The molecule has 120 valence electrons. The van der Waals surface area contributed by atoms with Crippen molar-refractivity contribution in [3.63, 3.8) is 0 Å². The molecule has 0 aromatic heterocycles. The number of fused-ring (bicyclic) bond motifs is 1. The number of rotatable bonds is 5. The zero-order valence-corrected chi connectivity index (χ0v) is 14.9. The molecule has 0 spiro atoms. The third-order valence-corrected chi connectivity index (χ3v) is 5.04. The first-order valence-corrected chi connectivity index (χ1v) is 8.87. The minimum atomic E-state index is -0.162. The maximum atomic E-state index is 12.2. The molecule has 1 heterocycles. The Bertz CT molecular complexity index is 705. The lowest BCUT2D eigenvalue weighted by molar-refractivity contribution is -0.120. The first-order chi connectivity index (χ1) is 11.1. The topological polar surface area (TPSA) is 47.6 Å². The molecule has 0 saturated heterocycles. The zero-order valence-electron chi connectivity index (χ0n) is 12.5. The van der Waals surface area contributed by atoms with Gasteiger partial charge in [0.25, 0.3) is 0 Å². The molecule has 6 heteroatoms. The van der Waals surface area contributed by atoms with Crippen LogP contribution in [0.4, 0.5) is 0 Å². The fourth-order valence-corrected chi connectivity index (χ4v) is 3.31. The molecule has 3 rings (SSSR count). The summed E-state index contributed by atoms with van der Waals surface area (Å²) in [6, 6.07) is 13.6. The van der Waals surface area contributed by atoms with Crippen LogP contribution in [-0.4, -0.2) is 18.0 Å². The summed E-state index contributed by atoms with van der Waals surface area (Å²) in [6.07, 6.45) is 0. The average molecular weight is 394 g/mol. The second kappa shape index (κ2) is 7.27. The number of ether oxygens (including phenoxy) is 2. The van der Waals surface area contributed by atoms with Crippen LogP contribution in [0.5, 0.6) is 11.5 Å². The van der Waals surface area contributed by atoms with Gasteiger partial charge in [0.15, 0.2) is 11.5 Å². The van der Waals surface area contributed by atoms with Crippen LogP contribution in [0, 0.1) is 0 Å². The van der Waals surface area contributed by atoms with Gasteiger partial charge in [-0.2, -0.15) is 0 Å². The van der Waals surface area contributed by atoms with Gasteiger partial charge in [0, 0.05) is 15.9 Å². The van der Waals surface area contributed by atoms with Crippen LogP contribution in [0.2, 0.25) is 0 Å². The van der Waals surface area contributed by atoms with Crippen molar-refractivity contribution in [3.8, 4) is 11.5 Å². The molecule has 1 amide bonds. The summed E-state index contributed by atoms with van der Waals surface area (Å²) in [5.41, 5.74) is 0.989. The van der Waals surface area contributed by atoms with E-state index >= 15 is 0 Å². The van der Waals surface area contributed by atoms with E-state index in [0.717, 1.165) is 26.4 Å². The van der Waals surface area contributed by atoms with Crippen LogP contribution in [0.15, 0.2) is 51.8 Å². The Morgan fingerprint density at radius 3 is 2.74 bits per heavy atom. The number of hydrogen-bond acceptors (Lipinski definition) is 4. The summed E-state index contributed by atoms with van der Waals surface area (Å²) >= 11 is 4.94. The lowest BCUT2D eigenvalue weighted by Crippen LogP contribution is -2.30. The molecule has 0 saturated carbocycles. The minimum absolute atomic E-state index is 0.00980. The summed E-state index contributed by atoms with van der Waals surface area (Å²) in [4.78, 5) is 13.3. The second-order valence-corrected chi connectivity index (χ2v) is 7.45. The molecule has 23 heavy (non-hydrogen) atoms. The highest BCUT2D eigenvalue weighted by Gasteiger charge is 2.16. The third-order valence-electron chi connectivity index (χ3n) is 3.40. The molecule has 1 aliphatic heterocycles. The predicted octanol–water partition coefficient (Wildman–Crippen LogP) is 3.97. The molecule has 2 aromatic rings. The molecule has 1 atom stereocenters. The normalized spacial score (nSPS) is 13.7. The summed E-state index contributed by atoms with van der Waals surface area (Å²) in [7, 11) is 0. The van der Waals surface area contributed by atoms with Crippen LogP contribution in [0.3, 0.4) is 0 Å². The van der Waals surface area contributed by atoms with Crippen LogP contribution < -0.4 is 14.8 Å². The lowest BCUT2D eigenvalue weighted by atomic mass is 10.2. The molecule has 0 fully saturated rings. The van der Waals surface area contributed by atoms with Gasteiger partial charge in [0.1, 0.15) is 0 Å². The molecular weight excluding hydrogens is 378 g/mol. The van der Waals surface area contributed by atoms with E-state index in [0.29, 0.717) is 6.54 Å². The maximum Gasteiger partial charge on any atom is 0.233 e. The van der Waals surface area contributed by atoms with E-state index in [1.54, 1.807) is 0 Å². The van der Waals surface area contributed by atoms with Crippen molar-refractivity contribution in [3.05, 3.63) is 52.5 Å². The Morgan fingerprint density at radius 2 is 1.96 bits per heavy atom. The van der Waals surface area contributed by atoms with Gasteiger partial charge in [-0.3, -0.25) is 4.79 Å². The molecule has 0 aliphatic carbocycles. The van der Waals surface area contributed by atoms with Crippen molar-refractivity contribution in [1.82, 2.24) is 5.32 Å². The average Bonchev–Trinajstić information content (AvgIpc) is 3.02. The maximum absolute atomic E-state index is 12.2. The standard InChI is InChI=1S/C17H16BrNO3S/c1-11(23-14-5-3-13(18)4-6-14)17(20)19-9-12-2-7-15-16(8-12)22-10-21-15/h2-8,11H,9-10H2,1H3,(H,19,20)/t11-/m0/s1. The van der Waals surface area contributed by atoms with Crippen molar-refractivity contribution in [2.45, 2.75) is 23.6 Å². The van der Waals surface area contributed by atoms with Crippen molar-refractivity contribution < 1.29 is 14.3 Å². The molecule has 0 radical (unpaired) electrons. The van der Waals surface area contributed by atoms with Gasteiger partial charge in [0.05, 0.1) is 5.25 Å². The van der Waals surface area contributed by atoms with Gasteiger partial charge >= 0.3 is 0 Å². The number of hydrogen-bond donors (Lipinski definition) is 1. The van der Waals surface area contributed by atoms with E-state index in [1.165, 1.54) is 11.8 Å². The quantitative estimate of drug-likeness (QED) is 0.780. The number of amides is 1. The fourth-order valence-electron chi connectivity index (χ4n) is 2.15. The van der Waals surface area contributed by atoms with Crippen molar-refractivity contribution in [2.24, 2.45) is 0 Å². The van der Waals surface area contributed by atoms with Gasteiger partial charge in [-0.15, -0.1) is 11.8 Å². The SMILES string of the molecule is C[C@H](Sc1ccc(Br)cc1)C(=O)NCc1ccc2c(c1)OCO2. The summed E-state index contributed by atoms with van der Waals surface area (Å²) in [5, 5.41) is 2.79. The monoisotopic (exact) mass is 393 g/mol. The highest BCUT2D eigenvalue weighted by atomic mass is 79.9.